The minimum atomic E-state index is 0.358. The number of hydrogen-bond acceptors (Lipinski definition) is 11. The van der Waals surface area contributed by atoms with Gasteiger partial charge in [-0.2, -0.15) is 16.8 Å². The van der Waals surface area contributed by atoms with E-state index in [1.807, 2.05) is 60.3 Å². The van der Waals surface area contributed by atoms with Crippen molar-refractivity contribution < 1.29 is 9.47 Å². The molecule has 4 rings (SSSR count). The lowest BCUT2D eigenvalue weighted by Gasteiger charge is -2.06. The van der Waals surface area contributed by atoms with Crippen LogP contribution in [-0.2, 0) is 12.8 Å². The Morgan fingerprint density at radius 1 is 0.914 bits per heavy atom. The topological polar surface area (TPSA) is 94.4 Å². The summed E-state index contributed by atoms with van der Waals surface area (Å²) in [5.41, 5.74) is 1.21. The number of ether oxygens (including phenoxy) is 2. The van der Waals surface area contributed by atoms with Crippen LogP contribution in [0.4, 0.5) is 10.3 Å². The normalized spacial score (nSPS) is 11.1. The number of nitrogens with one attached hydrogen (secondary N) is 1. The lowest BCUT2D eigenvalue weighted by molar-refractivity contribution is 0.346. The highest BCUT2D eigenvalue weighted by molar-refractivity contribution is 9.10. The zero-order valence-corrected chi connectivity index (χ0v) is 22.9. The summed E-state index contributed by atoms with van der Waals surface area (Å²) < 4.78 is 12.1. The number of aliphatic imine (C=N–C) groups is 1. The molecule has 0 amide bonds. The molecule has 0 fully saturated rings. The van der Waals surface area contributed by atoms with E-state index in [1.54, 1.807) is 11.3 Å². The van der Waals surface area contributed by atoms with E-state index in [4.69, 9.17) is 9.47 Å². The summed E-state index contributed by atoms with van der Waals surface area (Å²) in [6.45, 7) is 2.41. The maximum Gasteiger partial charge on any atom is 0.234 e. The van der Waals surface area contributed by atoms with Crippen LogP contribution in [0.5, 0.6) is 11.5 Å². The van der Waals surface area contributed by atoms with Gasteiger partial charge < -0.3 is 14.8 Å². The molecule has 0 atom stereocenters. The SMILES string of the molecule is Cc1ccc(OCNc2nnc(CCSCCc3nnc(/N=C\Oc4ccc(Br)cc4)s3)s2)cc1. The van der Waals surface area contributed by atoms with Gasteiger partial charge in [0.25, 0.3) is 0 Å². The third kappa shape index (κ3) is 8.88. The van der Waals surface area contributed by atoms with Gasteiger partial charge in [-0.15, -0.1) is 20.4 Å². The molecule has 0 bridgehead atoms. The van der Waals surface area contributed by atoms with Crippen molar-refractivity contribution in [3.8, 4) is 11.5 Å². The molecule has 12 heteroatoms. The van der Waals surface area contributed by atoms with Crippen LogP contribution in [0.25, 0.3) is 0 Å². The third-order valence-corrected chi connectivity index (χ3v) is 7.84. The van der Waals surface area contributed by atoms with E-state index in [9.17, 15) is 0 Å². The maximum atomic E-state index is 5.67. The quantitative estimate of drug-likeness (QED) is 0.0855. The van der Waals surface area contributed by atoms with Crippen molar-refractivity contribution in [2.45, 2.75) is 19.8 Å². The maximum absolute atomic E-state index is 5.67. The Morgan fingerprint density at radius 2 is 1.60 bits per heavy atom. The Bertz CT molecular complexity index is 1210. The summed E-state index contributed by atoms with van der Waals surface area (Å²) in [6, 6.07) is 15.5. The van der Waals surface area contributed by atoms with E-state index < -0.39 is 0 Å². The van der Waals surface area contributed by atoms with Crippen LogP contribution in [0.1, 0.15) is 15.6 Å². The Labute approximate surface area is 224 Å². The number of nitrogens with zero attached hydrogens (tertiary/aromatic N) is 5. The molecule has 0 radical (unpaired) electrons. The van der Waals surface area contributed by atoms with E-state index >= 15 is 0 Å². The van der Waals surface area contributed by atoms with Gasteiger partial charge in [0.15, 0.2) is 13.1 Å². The second-order valence-corrected chi connectivity index (χ2v) is 11.4. The van der Waals surface area contributed by atoms with Crippen LogP contribution in [-0.4, -0.2) is 45.0 Å². The van der Waals surface area contributed by atoms with Crippen LogP contribution in [0.2, 0.25) is 0 Å². The Hall–Kier alpha value is -2.54. The average molecular weight is 592 g/mol. The van der Waals surface area contributed by atoms with Crippen molar-refractivity contribution in [1.29, 1.82) is 0 Å². The number of halogens is 1. The molecule has 182 valence electrons. The summed E-state index contributed by atoms with van der Waals surface area (Å²) in [4.78, 5) is 4.22. The molecule has 2 aromatic carbocycles. The first-order valence-electron chi connectivity index (χ1n) is 10.7. The summed E-state index contributed by atoms with van der Waals surface area (Å²) in [5.74, 6) is 3.47. The molecule has 0 aliphatic carbocycles. The number of aromatic nitrogens is 4. The average Bonchev–Trinajstić information content (AvgIpc) is 3.51. The zero-order chi connectivity index (χ0) is 24.3. The molecule has 0 aliphatic rings. The number of benzene rings is 2. The Kier molecular flexibility index (Phi) is 9.87. The number of anilines is 1. The molecular weight excluding hydrogens is 568 g/mol. The van der Waals surface area contributed by atoms with Gasteiger partial charge in [0.05, 0.1) is 0 Å². The van der Waals surface area contributed by atoms with Crippen LogP contribution in [0, 0.1) is 6.92 Å². The molecule has 2 heterocycles. The van der Waals surface area contributed by atoms with Gasteiger partial charge in [0, 0.05) is 17.3 Å². The fourth-order valence-corrected chi connectivity index (χ4v) is 5.50. The van der Waals surface area contributed by atoms with Gasteiger partial charge in [-0.25, -0.2) is 0 Å². The lowest BCUT2D eigenvalue weighted by atomic mass is 10.2. The molecule has 1 N–H and O–H groups in total. The van der Waals surface area contributed by atoms with Gasteiger partial charge >= 0.3 is 0 Å². The number of rotatable bonds is 13. The van der Waals surface area contributed by atoms with Gasteiger partial charge in [0.1, 0.15) is 21.5 Å². The van der Waals surface area contributed by atoms with Crippen molar-refractivity contribution in [2.75, 3.05) is 23.6 Å². The summed E-state index contributed by atoms with van der Waals surface area (Å²) >= 11 is 8.28. The first-order valence-corrected chi connectivity index (χ1v) is 14.3. The molecule has 0 spiro atoms. The predicted octanol–water partition coefficient (Wildman–Crippen LogP) is 6.17. The van der Waals surface area contributed by atoms with E-state index in [0.29, 0.717) is 17.6 Å². The van der Waals surface area contributed by atoms with Gasteiger partial charge in [0.2, 0.25) is 10.3 Å². The molecular formula is C23H23BrN6O2S3. The summed E-state index contributed by atoms with van der Waals surface area (Å²) in [5, 5.41) is 23.2. The molecule has 0 saturated heterocycles. The zero-order valence-electron chi connectivity index (χ0n) is 18.9. The number of thioether (sulfide) groups is 1. The van der Waals surface area contributed by atoms with Crippen molar-refractivity contribution in [1.82, 2.24) is 20.4 Å². The van der Waals surface area contributed by atoms with Crippen LogP contribution < -0.4 is 14.8 Å². The van der Waals surface area contributed by atoms with E-state index in [2.05, 4.69) is 53.6 Å². The first kappa shape index (κ1) is 25.5. The molecule has 0 aliphatic heterocycles. The van der Waals surface area contributed by atoms with Crippen molar-refractivity contribution in [2.24, 2.45) is 4.99 Å². The molecule has 35 heavy (non-hydrogen) atoms. The smallest absolute Gasteiger partial charge is 0.234 e. The fraction of sp³-hybridized carbons (Fsp3) is 0.261. The van der Waals surface area contributed by atoms with Gasteiger partial charge in [-0.05, 0) is 54.8 Å². The monoisotopic (exact) mass is 590 g/mol. The lowest BCUT2D eigenvalue weighted by Crippen LogP contribution is -2.08. The number of aryl methyl sites for hydroxylation is 3. The highest BCUT2D eigenvalue weighted by atomic mass is 79.9. The van der Waals surface area contributed by atoms with Crippen LogP contribution >= 0.6 is 50.4 Å². The van der Waals surface area contributed by atoms with Crippen molar-refractivity contribution in [3.05, 3.63) is 68.6 Å². The minimum Gasteiger partial charge on any atom is -0.473 e. The van der Waals surface area contributed by atoms with E-state index in [-0.39, 0.29) is 0 Å². The number of hydrogen-bond donors (Lipinski definition) is 1. The second kappa shape index (κ2) is 13.5. The standard InChI is InChI=1S/C23H23BrN6O2S3/c1-16-2-6-18(7-3-16)31-14-25-22-29-27-20(34-22)10-12-33-13-11-21-28-30-23(35-21)26-15-32-19-8-4-17(24)5-9-19/h2-9,15H,10-14H2,1H3,(H,25,29)/b26-15-. The minimum absolute atomic E-state index is 0.358. The Morgan fingerprint density at radius 3 is 2.37 bits per heavy atom. The van der Waals surface area contributed by atoms with Gasteiger partial charge in [-0.1, -0.05) is 56.3 Å². The predicted molar refractivity (Wildman–Crippen MR) is 148 cm³/mol. The van der Waals surface area contributed by atoms with Gasteiger partial charge in [-0.3, -0.25) is 0 Å². The van der Waals surface area contributed by atoms with E-state index in [1.165, 1.54) is 23.3 Å². The van der Waals surface area contributed by atoms with Crippen LogP contribution in [0.3, 0.4) is 0 Å². The fourth-order valence-electron chi connectivity index (χ4n) is 2.71. The molecule has 4 aromatic rings. The second-order valence-electron chi connectivity index (χ2n) is 7.18. The van der Waals surface area contributed by atoms with Crippen molar-refractivity contribution in [3.63, 3.8) is 0 Å². The summed E-state index contributed by atoms with van der Waals surface area (Å²) in [7, 11) is 0. The molecule has 2 aromatic heterocycles. The molecule has 8 nitrogen and oxygen atoms in total. The van der Waals surface area contributed by atoms with E-state index in [0.717, 1.165) is 49.7 Å². The molecule has 0 saturated carbocycles. The highest BCUT2D eigenvalue weighted by Gasteiger charge is 2.06. The van der Waals surface area contributed by atoms with Crippen LogP contribution in [0.15, 0.2) is 58.0 Å². The molecule has 0 unspecified atom stereocenters. The third-order valence-electron chi connectivity index (χ3n) is 4.49. The Balaban J connectivity index is 1.09. The summed E-state index contributed by atoms with van der Waals surface area (Å²) in [6.07, 6.45) is 3.12. The highest BCUT2D eigenvalue weighted by Crippen LogP contribution is 2.22. The van der Waals surface area contributed by atoms with Crippen molar-refractivity contribution >= 4 is 67.0 Å². The first-order chi connectivity index (χ1) is 17.1. The largest absolute Gasteiger partial charge is 0.473 e.